The van der Waals surface area contributed by atoms with Crippen LogP contribution in [0, 0.1) is 6.92 Å². The second-order valence-electron chi connectivity index (χ2n) is 5.39. The van der Waals surface area contributed by atoms with Crippen molar-refractivity contribution in [1.29, 1.82) is 0 Å². The molecule has 0 aromatic heterocycles. The van der Waals surface area contributed by atoms with Gasteiger partial charge in [0, 0.05) is 0 Å². The Morgan fingerprint density at radius 2 is 0.864 bits per heavy atom. The highest BCUT2D eigenvalue weighted by atomic mass is 31.2. The van der Waals surface area contributed by atoms with Crippen LogP contribution in [0.1, 0.15) is 6.42 Å². The molecule has 22 heavy (non-hydrogen) atoms. The van der Waals surface area contributed by atoms with Crippen LogP contribution in [0.3, 0.4) is 0 Å². The molecule has 0 aliphatic heterocycles. The van der Waals surface area contributed by atoms with Crippen molar-refractivity contribution >= 4 is 23.2 Å². The highest BCUT2D eigenvalue weighted by Crippen LogP contribution is 2.55. The number of rotatable bonds is 5. The van der Waals surface area contributed by atoms with Crippen molar-refractivity contribution in [2.24, 2.45) is 0 Å². The summed E-state index contributed by atoms with van der Waals surface area (Å²) in [5.74, 6) is 0. The predicted octanol–water partition coefficient (Wildman–Crippen LogP) is 4.20. The maximum absolute atomic E-state index is 4.17. The summed E-state index contributed by atoms with van der Waals surface area (Å²) in [4.78, 5) is 0. The van der Waals surface area contributed by atoms with Gasteiger partial charge in [0.25, 0.3) is 0 Å². The standard InChI is InChI=1S/C21H21P/c1-2-18-22(19-12-6-3-7-13-19,20-14-8-4-9-15-20)21-16-10-5-11-17-21/h3-17H,1-2,18H2/q+1. The van der Waals surface area contributed by atoms with Crippen molar-refractivity contribution in [2.45, 2.75) is 6.42 Å². The Balaban J connectivity index is 2.29. The molecular weight excluding hydrogens is 283 g/mol. The molecule has 1 radical (unpaired) electrons. The third-order valence-electron chi connectivity index (χ3n) is 4.08. The van der Waals surface area contributed by atoms with Crippen molar-refractivity contribution in [3.63, 3.8) is 0 Å². The van der Waals surface area contributed by atoms with Crippen LogP contribution in [-0.2, 0) is 0 Å². The molecule has 0 unspecified atom stereocenters. The highest BCUT2D eigenvalue weighted by Gasteiger charge is 2.43. The summed E-state index contributed by atoms with van der Waals surface area (Å²) in [5.41, 5.74) is 0. The molecule has 0 saturated carbocycles. The number of hydrogen-bond acceptors (Lipinski definition) is 0. The lowest BCUT2D eigenvalue weighted by Gasteiger charge is -2.27. The van der Waals surface area contributed by atoms with Gasteiger partial charge in [-0.1, -0.05) is 54.6 Å². The second-order valence-corrected chi connectivity index (χ2v) is 9.01. The Labute approximate surface area is 134 Å². The molecule has 0 aliphatic rings. The topological polar surface area (TPSA) is 0 Å². The number of benzene rings is 3. The predicted molar refractivity (Wildman–Crippen MR) is 100.0 cm³/mol. The van der Waals surface area contributed by atoms with Crippen LogP contribution in [0.2, 0.25) is 0 Å². The van der Waals surface area contributed by atoms with Gasteiger partial charge < -0.3 is 0 Å². The van der Waals surface area contributed by atoms with Crippen LogP contribution < -0.4 is 15.9 Å². The van der Waals surface area contributed by atoms with Gasteiger partial charge in [-0.2, -0.15) is 0 Å². The molecular formula is C21H21P+. The van der Waals surface area contributed by atoms with E-state index in [9.17, 15) is 0 Å². The van der Waals surface area contributed by atoms with E-state index < -0.39 is 7.26 Å². The quantitative estimate of drug-likeness (QED) is 0.620. The maximum Gasteiger partial charge on any atom is 0.112 e. The van der Waals surface area contributed by atoms with E-state index in [-0.39, 0.29) is 0 Å². The molecule has 0 spiro atoms. The molecule has 0 fully saturated rings. The van der Waals surface area contributed by atoms with E-state index in [1.54, 1.807) is 0 Å². The molecule has 0 bridgehead atoms. The Morgan fingerprint density at radius 3 is 1.14 bits per heavy atom. The van der Waals surface area contributed by atoms with Crippen LogP contribution in [0.5, 0.6) is 0 Å². The highest BCUT2D eigenvalue weighted by molar-refractivity contribution is 7.95. The van der Waals surface area contributed by atoms with Crippen LogP contribution in [0.25, 0.3) is 0 Å². The molecule has 0 heterocycles. The smallest absolute Gasteiger partial charge is 0.0620 e. The molecule has 0 nitrogen and oxygen atoms in total. The van der Waals surface area contributed by atoms with Gasteiger partial charge in [-0.15, -0.1) is 0 Å². The third-order valence-corrected chi connectivity index (χ3v) is 8.61. The van der Waals surface area contributed by atoms with Crippen molar-refractivity contribution < 1.29 is 0 Å². The van der Waals surface area contributed by atoms with Gasteiger partial charge in [0.15, 0.2) is 0 Å². The summed E-state index contributed by atoms with van der Waals surface area (Å²) in [7, 11) is -1.62. The lowest BCUT2D eigenvalue weighted by molar-refractivity contribution is 1.23. The Kier molecular flexibility index (Phi) is 4.71. The second kappa shape index (κ2) is 6.90. The van der Waals surface area contributed by atoms with Gasteiger partial charge in [-0.05, 0) is 49.7 Å². The molecule has 3 aromatic carbocycles. The Hall–Kier alpha value is -1.91. The fourth-order valence-electron chi connectivity index (χ4n) is 3.12. The van der Waals surface area contributed by atoms with E-state index in [1.807, 2.05) is 0 Å². The Morgan fingerprint density at radius 1 is 0.545 bits per heavy atom. The first-order chi connectivity index (χ1) is 10.9. The lowest BCUT2D eigenvalue weighted by atomic mass is 10.4. The molecule has 3 rings (SSSR count). The van der Waals surface area contributed by atoms with Gasteiger partial charge >= 0.3 is 0 Å². The summed E-state index contributed by atoms with van der Waals surface area (Å²) < 4.78 is 0. The van der Waals surface area contributed by atoms with E-state index in [1.165, 1.54) is 15.9 Å². The minimum Gasteiger partial charge on any atom is -0.0620 e. The fourth-order valence-corrected chi connectivity index (χ4v) is 7.31. The summed E-state index contributed by atoms with van der Waals surface area (Å²) >= 11 is 0. The molecule has 109 valence electrons. The molecule has 0 N–H and O–H groups in total. The summed E-state index contributed by atoms with van der Waals surface area (Å²) in [6, 6.07) is 32.9. The molecule has 0 aliphatic carbocycles. The van der Waals surface area contributed by atoms with Crippen molar-refractivity contribution in [2.75, 3.05) is 6.16 Å². The summed E-state index contributed by atoms with van der Waals surface area (Å²) in [5, 5.41) is 4.32. The minimum absolute atomic E-state index is 0.937. The van der Waals surface area contributed by atoms with Crippen molar-refractivity contribution in [3.8, 4) is 0 Å². The van der Waals surface area contributed by atoms with E-state index in [0.717, 1.165) is 12.6 Å². The molecule has 0 amide bonds. The van der Waals surface area contributed by atoms with E-state index >= 15 is 0 Å². The monoisotopic (exact) mass is 304 g/mol. The SMILES string of the molecule is [CH2]CC[P+](c1ccccc1)(c1ccccc1)c1ccccc1. The summed E-state index contributed by atoms with van der Waals surface area (Å²) in [6.07, 6.45) is 2.04. The molecule has 1 heteroatoms. The minimum atomic E-state index is -1.62. The summed E-state index contributed by atoms with van der Waals surface area (Å²) in [6.45, 7) is 4.17. The molecule has 0 saturated heterocycles. The van der Waals surface area contributed by atoms with Gasteiger partial charge in [-0.3, -0.25) is 0 Å². The van der Waals surface area contributed by atoms with Gasteiger partial charge in [-0.25, -0.2) is 0 Å². The largest absolute Gasteiger partial charge is 0.112 e. The fraction of sp³-hybridized carbons (Fsp3) is 0.0952. The van der Waals surface area contributed by atoms with Crippen LogP contribution >= 0.6 is 7.26 Å². The van der Waals surface area contributed by atoms with Gasteiger partial charge in [0.05, 0.1) is 6.16 Å². The maximum atomic E-state index is 4.17. The lowest BCUT2D eigenvalue weighted by Crippen LogP contribution is -2.33. The van der Waals surface area contributed by atoms with Crippen LogP contribution in [0.15, 0.2) is 91.0 Å². The average molecular weight is 304 g/mol. The third kappa shape index (κ3) is 2.72. The van der Waals surface area contributed by atoms with Gasteiger partial charge in [0.1, 0.15) is 23.2 Å². The van der Waals surface area contributed by atoms with Crippen LogP contribution in [-0.4, -0.2) is 6.16 Å². The normalized spacial score (nSPS) is 11.3. The molecule has 3 aromatic rings. The first-order valence-electron chi connectivity index (χ1n) is 7.72. The average Bonchev–Trinajstić information content (AvgIpc) is 2.62. The van der Waals surface area contributed by atoms with Crippen LogP contribution in [0.4, 0.5) is 0 Å². The zero-order valence-corrected chi connectivity index (χ0v) is 13.6. The van der Waals surface area contributed by atoms with Crippen molar-refractivity contribution in [1.82, 2.24) is 0 Å². The van der Waals surface area contributed by atoms with E-state index in [0.29, 0.717) is 0 Å². The van der Waals surface area contributed by atoms with Gasteiger partial charge in [0.2, 0.25) is 0 Å². The van der Waals surface area contributed by atoms with E-state index in [2.05, 4.69) is 97.9 Å². The first kappa shape index (κ1) is 15.0. The number of hydrogen-bond donors (Lipinski definition) is 0. The zero-order valence-electron chi connectivity index (χ0n) is 12.7. The van der Waals surface area contributed by atoms with E-state index in [4.69, 9.17) is 0 Å². The zero-order chi connectivity index (χ0) is 15.3. The Bertz CT molecular complexity index is 593. The molecule has 0 atom stereocenters. The first-order valence-corrected chi connectivity index (χ1v) is 9.69. The van der Waals surface area contributed by atoms with Crippen molar-refractivity contribution in [3.05, 3.63) is 97.9 Å².